The first-order chi connectivity index (χ1) is 7.45. The zero-order valence-electron chi connectivity index (χ0n) is 7.88. The lowest BCUT2D eigenvalue weighted by atomic mass is 10.1. The molecule has 2 aromatic heterocycles. The SMILES string of the molecule is c1ccc2c(-c3nc[nH]n3)ccnc2c1. The number of pyridine rings is 1. The van der Waals surface area contributed by atoms with Crippen LogP contribution in [0.1, 0.15) is 0 Å². The standard InChI is InChI=1S/C11H8N4/c1-2-4-10-8(3-1)9(5-6-12-10)11-13-7-14-15-11/h1-7H,(H,13,14,15). The van der Waals surface area contributed by atoms with Gasteiger partial charge >= 0.3 is 0 Å². The normalized spacial score (nSPS) is 10.7. The van der Waals surface area contributed by atoms with Crippen LogP contribution in [0.3, 0.4) is 0 Å². The Morgan fingerprint density at radius 3 is 2.80 bits per heavy atom. The third kappa shape index (κ3) is 1.27. The number of aromatic nitrogens is 4. The van der Waals surface area contributed by atoms with Crippen molar-refractivity contribution in [1.82, 2.24) is 20.2 Å². The van der Waals surface area contributed by atoms with E-state index in [1.54, 1.807) is 12.5 Å². The van der Waals surface area contributed by atoms with Gasteiger partial charge in [0.05, 0.1) is 5.52 Å². The van der Waals surface area contributed by atoms with Gasteiger partial charge in [0.15, 0.2) is 5.82 Å². The average molecular weight is 196 g/mol. The number of rotatable bonds is 1. The molecule has 0 aliphatic rings. The molecule has 0 aliphatic carbocycles. The van der Waals surface area contributed by atoms with E-state index in [2.05, 4.69) is 20.2 Å². The van der Waals surface area contributed by atoms with E-state index in [1.165, 1.54) is 0 Å². The van der Waals surface area contributed by atoms with Crippen molar-refractivity contribution in [2.75, 3.05) is 0 Å². The molecule has 15 heavy (non-hydrogen) atoms. The quantitative estimate of drug-likeness (QED) is 0.647. The molecule has 2 heterocycles. The maximum atomic E-state index is 4.29. The van der Waals surface area contributed by atoms with Gasteiger partial charge in [-0.05, 0) is 12.1 Å². The topological polar surface area (TPSA) is 54.5 Å². The molecule has 0 atom stereocenters. The molecule has 4 nitrogen and oxygen atoms in total. The summed E-state index contributed by atoms with van der Waals surface area (Å²) in [6.07, 6.45) is 3.35. The van der Waals surface area contributed by atoms with E-state index in [0.29, 0.717) is 5.82 Å². The van der Waals surface area contributed by atoms with Crippen LogP contribution in [-0.2, 0) is 0 Å². The highest BCUT2D eigenvalue weighted by atomic mass is 15.2. The van der Waals surface area contributed by atoms with Gasteiger partial charge in [0.25, 0.3) is 0 Å². The Labute approximate surface area is 86.0 Å². The van der Waals surface area contributed by atoms with Crippen molar-refractivity contribution in [3.8, 4) is 11.4 Å². The molecule has 4 heteroatoms. The van der Waals surface area contributed by atoms with Gasteiger partial charge < -0.3 is 0 Å². The van der Waals surface area contributed by atoms with E-state index in [1.807, 2.05) is 30.3 Å². The van der Waals surface area contributed by atoms with Gasteiger partial charge in [-0.2, -0.15) is 5.10 Å². The summed E-state index contributed by atoms with van der Waals surface area (Å²) in [6.45, 7) is 0. The second kappa shape index (κ2) is 3.16. The van der Waals surface area contributed by atoms with Crippen LogP contribution in [0, 0.1) is 0 Å². The number of fused-ring (bicyclic) bond motifs is 1. The van der Waals surface area contributed by atoms with Crippen LogP contribution >= 0.6 is 0 Å². The van der Waals surface area contributed by atoms with Crippen LogP contribution in [0.2, 0.25) is 0 Å². The molecule has 1 aromatic carbocycles. The van der Waals surface area contributed by atoms with Crippen LogP contribution in [-0.4, -0.2) is 20.2 Å². The Balaban J connectivity index is 2.36. The van der Waals surface area contributed by atoms with Gasteiger partial charge in [-0.3, -0.25) is 10.1 Å². The van der Waals surface area contributed by atoms with E-state index in [9.17, 15) is 0 Å². The summed E-state index contributed by atoms with van der Waals surface area (Å²) < 4.78 is 0. The van der Waals surface area contributed by atoms with Crippen LogP contribution in [0.4, 0.5) is 0 Å². The highest BCUT2D eigenvalue weighted by Gasteiger charge is 2.06. The molecule has 0 fully saturated rings. The van der Waals surface area contributed by atoms with Crippen LogP contribution in [0.15, 0.2) is 42.9 Å². The summed E-state index contributed by atoms with van der Waals surface area (Å²) >= 11 is 0. The minimum Gasteiger partial charge on any atom is -0.265 e. The molecule has 1 N–H and O–H groups in total. The van der Waals surface area contributed by atoms with E-state index < -0.39 is 0 Å². The Bertz CT molecular complexity index is 581. The Morgan fingerprint density at radius 2 is 1.93 bits per heavy atom. The molecule has 0 radical (unpaired) electrons. The number of benzene rings is 1. The van der Waals surface area contributed by atoms with Crippen molar-refractivity contribution in [2.45, 2.75) is 0 Å². The second-order valence-corrected chi connectivity index (χ2v) is 3.20. The molecule has 0 aliphatic heterocycles. The zero-order chi connectivity index (χ0) is 10.1. The van der Waals surface area contributed by atoms with E-state index in [0.717, 1.165) is 16.5 Å². The van der Waals surface area contributed by atoms with E-state index in [4.69, 9.17) is 0 Å². The summed E-state index contributed by atoms with van der Waals surface area (Å²) in [5.41, 5.74) is 1.96. The summed E-state index contributed by atoms with van der Waals surface area (Å²) in [7, 11) is 0. The average Bonchev–Trinajstić information content (AvgIpc) is 2.82. The fraction of sp³-hybridized carbons (Fsp3) is 0. The van der Waals surface area contributed by atoms with Crippen LogP contribution in [0.5, 0.6) is 0 Å². The molecule has 0 saturated carbocycles. The first-order valence-electron chi connectivity index (χ1n) is 4.65. The second-order valence-electron chi connectivity index (χ2n) is 3.20. The van der Waals surface area contributed by atoms with Crippen molar-refractivity contribution in [2.24, 2.45) is 0 Å². The number of aromatic amines is 1. The van der Waals surface area contributed by atoms with E-state index >= 15 is 0 Å². The Kier molecular flexibility index (Phi) is 1.71. The van der Waals surface area contributed by atoms with Crippen molar-refractivity contribution in [3.63, 3.8) is 0 Å². The maximum Gasteiger partial charge on any atom is 0.181 e. The first kappa shape index (κ1) is 8.11. The molecule has 3 rings (SSSR count). The molecule has 0 saturated heterocycles. The summed E-state index contributed by atoms with van der Waals surface area (Å²) in [6, 6.07) is 9.88. The first-order valence-corrected chi connectivity index (χ1v) is 4.65. The van der Waals surface area contributed by atoms with Gasteiger partial charge in [-0.1, -0.05) is 18.2 Å². The molecular weight excluding hydrogens is 188 g/mol. The van der Waals surface area contributed by atoms with Crippen molar-refractivity contribution < 1.29 is 0 Å². The number of H-pyrrole nitrogens is 1. The number of hydrogen-bond donors (Lipinski definition) is 1. The van der Waals surface area contributed by atoms with Gasteiger partial charge in [-0.15, -0.1) is 0 Å². The molecule has 0 unspecified atom stereocenters. The van der Waals surface area contributed by atoms with Gasteiger partial charge in [-0.25, -0.2) is 4.98 Å². The fourth-order valence-corrected chi connectivity index (χ4v) is 1.63. The summed E-state index contributed by atoms with van der Waals surface area (Å²) in [5.74, 6) is 0.702. The third-order valence-corrected chi connectivity index (χ3v) is 2.30. The number of nitrogens with zero attached hydrogens (tertiary/aromatic N) is 3. The van der Waals surface area contributed by atoms with Gasteiger partial charge in [0.1, 0.15) is 6.33 Å². The zero-order valence-corrected chi connectivity index (χ0v) is 7.88. The summed E-state index contributed by atoms with van der Waals surface area (Å²) in [5, 5.41) is 7.85. The van der Waals surface area contributed by atoms with Crippen LogP contribution < -0.4 is 0 Å². The van der Waals surface area contributed by atoms with Gasteiger partial charge in [0.2, 0.25) is 0 Å². The number of para-hydroxylation sites is 1. The third-order valence-electron chi connectivity index (χ3n) is 2.30. The minimum absolute atomic E-state index is 0.702. The minimum atomic E-state index is 0.702. The largest absolute Gasteiger partial charge is 0.265 e. The van der Waals surface area contributed by atoms with Crippen molar-refractivity contribution in [1.29, 1.82) is 0 Å². The monoisotopic (exact) mass is 196 g/mol. The molecule has 0 bridgehead atoms. The molecule has 0 amide bonds. The highest BCUT2D eigenvalue weighted by Crippen LogP contribution is 2.23. The molecular formula is C11H8N4. The van der Waals surface area contributed by atoms with Crippen LogP contribution in [0.25, 0.3) is 22.3 Å². The van der Waals surface area contributed by atoms with Gasteiger partial charge in [0, 0.05) is 17.1 Å². The van der Waals surface area contributed by atoms with E-state index in [-0.39, 0.29) is 0 Å². The smallest absolute Gasteiger partial charge is 0.181 e. The summed E-state index contributed by atoms with van der Waals surface area (Å²) in [4.78, 5) is 8.43. The lowest BCUT2D eigenvalue weighted by Gasteiger charge is -2.00. The Morgan fingerprint density at radius 1 is 1.00 bits per heavy atom. The molecule has 72 valence electrons. The molecule has 3 aromatic rings. The number of nitrogens with one attached hydrogen (secondary N) is 1. The predicted molar refractivity (Wildman–Crippen MR) is 57.1 cm³/mol. The lowest BCUT2D eigenvalue weighted by molar-refractivity contribution is 1.10. The molecule has 0 spiro atoms. The number of hydrogen-bond acceptors (Lipinski definition) is 3. The Hall–Kier alpha value is -2.23. The maximum absolute atomic E-state index is 4.29. The predicted octanol–water partition coefficient (Wildman–Crippen LogP) is 2.02. The highest BCUT2D eigenvalue weighted by molar-refractivity contribution is 5.92. The van der Waals surface area contributed by atoms with Crippen molar-refractivity contribution >= 4 is 10.9 Å². The van der Waals surface area contributed by atoms with Crippen molar-refractivity contribution in [3.05, 3.63) is 42.9 Å². The lowest BCUT2D eigenvalue weighted by Crippen LogP contribution is -1.85. The fourth-order valence-electron chi connectivity index (χ4n) is 1.63.